The molecule has 0 saturated carbocycles. The highest BCUT2D eigenvalue weighted by Crippen LogP contribution is 2.23. The van der Waals surface area contributed by atoms with Gasteiger partial charge in [0.05, 0.1) is 23.0 Å². The van der Waals surface area contributed by atoms with Crippen molar-refractivity contribution in [1.29, 1.82) is 5.26 Å². The lowest BCUT2D eigenvalue weighted by Crippen LogP contribution is -2.27. The fourth-order valence-electron chi connectivity index (χ4n) is 1.94. The van der Waals surface area contributed by atoms with Crippen LogP contribution < -0.4 is 5.32 Å². The summed E-state index contributed by atoms with van der Waals surface area (Å²) in [6.45, 7) is 4.99. The Balaban J connectivity index is 2.17. The molecule has 1 unspecified atom stereocenters. The van der Waals surface area contributed by atoms with Crippen LogP contribution in [0.25, 0.3) is 0 Å². The molecule has 0 aliphatic rings. The van der Waals surface area contributed by atoms with Crippen LogP contribution >= 0.6 is 11.3 Å². The molecule has 2 N–H and O–H groups in total. The Morgan fingerprint density at radius 3 is 2.52 bits per heavy atom. The smallest absolute Gasteiger partial charge is 0.347 e. The van der Waals surface area contributed by atoms with E-state index in [-0.39, 0.29) is 10.6 Å². The first kappa shape index (κ1) is 16.6. The van der Waals surface area contributed by atoms with Gasteiger partial charge in [-0.05, 0) is 32.9 Å². The lowest BCUT2D eigenvalue weighted by Gasteiger charge is -2.11. The van der Waals surface area contributed by atoms with Gasteiger partial charge < -0.3 is 10.4 Å². The highest BCUT2D eigenvalue weighted by Gasteiger charge is 2.20. The Labute approximate surface area is 136 Å². The van der Waals surface area contributed by atoms with E-state index in [2.05, 4.69) is 15.3 Å². The van der Waals surface area contributed by atoms with Gasteiger partial charge in [-0.3, -0.25) is 4.79 Å². The lowest BCUT2D eigenvalue weighted by atomic mass is 10.2. The largest absolute Gasteiger partial charge is 0.477 e. The maximum atomic E-state index is 12.2. The molecule has 1 atom stereocenters. The van der Waals surface area contributed by atoms with Gasteiger partial charge in [0.25, 0.3) is 5.91 Å². The molecule has 2 aromatic rings. The summed E-state index contributed by atoms with van der Waals surface area (Å²) in [6.07, 6.45) is 0. The van der Waals surface area contributed by atoms with Crippen LogP contribution in [0.3, 0.4) is 0 Å². The number of nitriles is 1. The van der Waals surface area contributed by atoms with Crippen LogP contribution in [0.2, 0.25) is 0 Å². The number of pyridine rings is 1. The zero-order chi connectivity index (χ0) is 17.1. The van der Waals surface area contributed by atoms with Crippen LogP contribution in [-0.2, 0) is 0 Å². The van der Waals surface area contributed by atoms with Gasteiger partial charge in [-0.1, -0.05) is 0 Å². The Morgan fingerprint density at radius 1 is 1.30 bits per heavy atom. The van der Waals surface area contributed by atoms with Gasteiger partial charge in [-0.15, -0.1) is 11.3 Å². The van der Waals surface area contributed by atoms with Gasteiger partial charge in [0, 0.05) is 0 Å². The molecule has 0 aliphatic heterocycles. The first-order chi connectivity index (χ1) is 10.8. The standard InChI is InChI=1S/C15H14N4O3S/c1-7-10(6-16)4-5-11(17-7)13(20)18-9(3)14-19-8(2)12(23-14)15(21)22/h4-5,9H,1-3H3,(H,18,20)(H,21,22). The SMILES string of the molecule is Cc1nc(C(=O)NC(C)c2nc(C)c(C(=O)O)s2)ccc1C#N. The Kier molecular flexibility index (Phi) is 4.71. The lowest BCUT2D eigenvalue weighted by molar-refractivity contribution is 0.0701. The van der Waals surface area contributed by atoms with Crippen LogP contribution in [0.5, 0.6) is 0 Å². The Morgan fingerprint density at radius 2 is 2.00 bits per heavy atom. The number of nitrogens with zero attached hydrogens (tertiary/aromatic N) is 3. The zero-order valence-electron chi connectivity index (χ0n) is 12.7. The van der Waals surface area contributed by atoms with Crippen molar-refractivity contribution in [3.8, 4) is 6.07 Å². The fourth-order valence-corrected chi connectivity index (χ4v) is 2.85. The third-order valence-corrected chi connectivity index (χ3v) is 4.49. The topological polar surface area (TPSA) is 116 Å². The normalized spacial score (nSPS) is 11.6. The van der Waals surface area contributed by atoms with Crippen molar-refractivity contribution in [3.63, 3.8) is 0 Å². The predicted molar refractivity (Wildman–Crippen MR) is 83.4 cm³/mol. The van der Waals surface area contributed by atoms with Gasteiger partial charge in [-0.25, -0.2) is 14.8 Å². The molecular formula is C15H14N4O3S. The first-order valence-corrected chi connectivity index (χ1v) is 7.54. The summed E-state index contributed by atoms with van der Waals surface area (Å²) in [5.41, 5.74) is 1.51. The number of aryl methyl sites for hydroxylation is 2. The number of nitrogens with one attached hydrogen (secondary N) is 1. The number of carbonyl (C=O) groups excluding carboxylic acids is 1. The van der Waals surface area contributed by atoms with E-state index in [1.807, 2.05) is 6.07 Å². The van der Waals surface area contributed by atoms with Gasteiger partial charge in [0.1, 0.15) is 21.6 Å². The summed E-state index contributed by atoms with van der Waals surface area (Å²) < 4.78 is 0. The van der Waals surface area contributed by atoms with E-state index in [9.17, 15) is 9.59 Å². The van der Waals surface area contributed by atoms with Crippen LogP contribution in [0.4, 0.5) is 0 Å². The highest BCUT2D eigenvalue weighted by atomic mass is 32.1. The number of rotatable bonds is 4. The first-order valence-electron chi connectivity index (χ1n) is 6.72. The summed E-state index contributed by atoms with van der Waals surface area (Å²) in [5.74, 6) is -1.44. The molecule has 0 spiro atoms. The van der Waals surface area contributed by atoms with E-state index in [0.29, 0.717) is 22.0 Å². The van der Waals surface area contributed by atoms with Crippen molar-refractivity contribution >= 4 is 23.2 Å². The molecule has 8 heteroatoms. The number of amides is 1. The number of carbonyl (C=O) groups is 2. The third-order valence-electron chi connectivity index (χ3n) is 3.16. The molecule has 0 bridgehead atoms. The van der Waals surface area contributed by atoms with E-state index < -0.39 is 17.9 Å². The Hall–Kier alpha value is -2.79. The second-order valence-corrected chi connectivity index (χ2v) is 5.94. The van der Waals surface area contributed by atoms with Crippen LogP contribution in [0.15, 0.2) is 12.1 Å². The second-order valence-electron chi connectivity index (χ2n) is 4.91. The average molecular weight is 330 g/mol. The monoisotopic (exact) mass is 330 g/mol. The summed E-state index contributed by atoms with van der Waals surface area (Å²) in [7, 11) is 0. The van der Waals surface area contributed by atoms with E-state index in [1.165, 1.54) is 12.1 Å². The van der Waals surface area contributed by atoms with Crippen molar-refractivity contribution in [3.05, 3.63) is 44.7 Å². The number of thiazole rings is 1. The molecule has 118 valence electrons. The van der Waals surface area contributed by atoms with Crippen molar-refractivity contribution in [2.24, 2.45) is 0 Å². The number of carboxylic acids is 1. The van der Waals surface area contributed by atoms with Crippen molar-refractivity contribution < 1.29 is 14.7 Å². The minimum atomic E-state index is -1.03. The minimum Gasteiger partial charge on any atom is -0.477 e. The molecule has 2 rings (SSSR count). The van der Waals surface area contributed by atoms with Crippen LogP contribution in [0.1, 0.15) is 55.1 Å². The van der Waals surface area contributed by atoms with Crippen LogP contribution in [0, 0.1) is 25.2 Å². The molecule has 0 fully saturated rings. The molecule has 0 saturated heterocycles. The van der Waals surface area contributed by atoms with Gasteiger partial charge in [0.15, 0.2) is 0 Å². The quantitative estimate of drug-likeness (QED) is 0.888. The number of hydrogen-bond donors (Lipinski definition) is 2. The number of aromatic carboxylic acids is 1. The average Bonchev–Trinajstić information content (AvgIpc) is 2.89. The second kappa shape index (κ2) is 6.54. The molecule has 0 aliphatic carbocycles. The zero-order valence-corrected chi connectivity index (χ0v) is 13.6. The molecule has 2 aromatic heterocycles. The maximum Gasteiger partial charge on any atom is 0.347 e. The highest BCUT2D eigenvalue weighted by molar-refractivity contribution is 7.13. The molecule has 23 heavy (non-hydrogen) atoms. The summed E-state index contributed by atoms with van der Waals surface area (Å²) >= 11 is 1.03. The van der Waals surface area contributed by atoms with E-state index in [0.717, 1.165) is 11.3 Å². The molecular weight excluding hydrogens is 316 g/mol. The number of hydrogen-bond acceptors (Lipinski definition) is 6. The van der Waals surface area contributed by atoms with Gasteiger partial charge >= 0.3 is 5.97 Å². The fraction of sp³-hybridized carbons (Fsp3) is 0.267. The van der Waals surface area contributed by atoms with Crippen molar-refractivity contribution in [2.75, 3.05) is 0 Å². The number of aromatic nitrogens is 2. The van der Waals surface area contributed by atoms with Crippen molar-refractivity contribution in [2.45, 2.75) is 26.8 Å². The molecule has 0 radical (unpaired) electrons. The van der Waals surface area contributed by atoms with E-state index in [4.69, 9.17) is 10.4 Å². The molecule has 1 amide bonds. The number of carboxylic acid groups (broad SMARTS) is 1. The maximum absolute atomic E-state index is 12.2. The minimum absolute atomic E-state index is 0.161. The molecule has 2 heterocycles. The molecule has 0 aromatic carbocycles. The Bertz CT molecular complexity index is 823. The third kappa shape index (κ3) is 3.52. The van der Waals surface area contributed by atoms with Crippen molar-refractivity contribution in [1.82, 2.24) is 15.3 Å². The van der Waals surface area contributed by atoms with Gasteiger partial charge in [0.2, 0.25) is 0 Å². The summed E-state index contributed by atoms with van der Waals surface area (Å²) in [4.78, 5) is 31.7. The summed E-state index contributed by atoms with van der Waals surface area (Å²) in [6, 6.07) is 4.56. The van der Waals surface area contributed by atoms with E-state index >= 15 is 0 Å². The van der Waals surface area contributed by atoms with Crippen LogP contribution in [-0.4, -0.2) is 27.0 Å². The summed E-state index contributed by atoms with van der Waals surface area (Å²) in [5, 5.41) is 21.2. The predicted octanol–water partition coefficient (Wildman–Crippen LogP) is 2.22. The molecule has 7 nitrogen and oxygen atoms in total. The van der Waals surface area contributed by atoms with Gasteiger partial charge in [-0.2, -0.15) is 5.26 Å². The van der Waals surface area contributed by atoms with E-state index in [1.54, 1.807) is 20.8 Å².